The number of rotatable bonds is 2. The molecule has 0 atom stereocenters. The number of thiazole rings is 1. The van der Waals surface area contributed by atoms with Crippen LogP contribution >= 0.6 is 22.9 Å². The largest absolute Gasteiger partial charge is 0.480 e. The van der Waals surface area contributed by atoms with Crippen LogP contribution in [0.15, 0.2) is 0 Å². The number of nitrogens with zero attached hydrogens (tertiary/aromatic N) is 1. The number of halogens is 1. The first-order valence-electron chi connectivity index (χ1n) is 2.84. The van der Waals surface area contributed by atoms with Gasteiger partial charge in [0.15, 0.2) is 0 Å². The Hall–Kier alpha value is -0.280. The number of aryl methyl sites for hydroxylation is 1. The van der Waals surface area contributed by atoms with Crippen molar-refractivity contribution in [2.75, 3.05) is 7.11 Å². The van der Waals surface area contributed by atoms with Crippen molar-refractivity contribution in [1.82, 2.24) is 4.98 Å². The number of alkyl halides is 1. The highest BCUT2D eigenvalue weighted by Crippen LogP contribution is 2.24. The van der Waals surface area contributed by atoms with Crippen LogP contribution in [0.1, 0.15) is 9.88 Å². The molecule has 1 aromatic heterocycles. The fourth-order valence-electron chi connectivity index (χ4n) is 0.682. The van der Waals surface area contributed by atoms with Gasteiger partial charge in [0.2, 0.25) is 5.88 Å². The average molecular weight is 178 g/mol. The molecule has 4 heteroatoms. The molecule has 2 nitrogen and oxygen atoms in total. The van der Waals surface area contributed by atoms with Gasteiger partial charge in [0.25, 0.3) is 0 Å². The van der Waals surface area contributed by atoms with Gasteiger partial charge in [0.05, 0.1) is 17.9 Å². The predicted molar refractivity (Wildman–Crippen MR) is 43.0 cm³/mol. The van der Waals surface area contributed by atoms with Crippen LogP contribution < -0.4 is 4.74 Å². The zero-order valence-corrected chi connectivity index (χ0v) is 7.42. The monoisotopic (exact) mass is 177 g/mol. The van der Waals surface area contributed by atoms with E-state index in [4.69, 9.17) is 16.3 Å². The first-order chi connectivity index (χ1) is 4.77. The molecule has 0 aliphatic heterocycles. The van der Waals surface area contributed by atoms with Crippen LogP contribution in [-0.2, 0) is 5.88 Å². The van der Waals surface area contributed by atoms with Crippen molar-refractivity contribution in [3.8, 4) is 5.88 Å². The van der Waals surface area contributed by atoms with Gasteiger partial charge in [0, 0.05) is 0 Å². The summed E-state index contributed by atoms with van der Waals surface area (Å²) in [4.78, 5) is 5.19. The van der Waals surface area contributed by atoms with Crippen LogP contribution in [0.5, 0.6) is 5.88 Å². The molecule has 0 saturated heterocycles. The van der Waals surface area contributed by atoms with Gasteiger partial charge in [-0.15, -0.1) is 22.9 Å². The molecule has 0 aliphatic rings. The maximum absolute atomic E-state index is 5.56. The number of methoxy groups -OCH3 is 1. The van der Waals surface area contributed by atoms with Gasteiger partial charge in [-0.25, -0.2) is 4.98 Å². The summed E-state index contributed by atoms with van der Waals surface area (Å²) in [5, 5.41) is 0.913. The van der Waals surface area contributed by atoms with Crippen molar-refractivity contribution >= 4 is 22.9 Å². The molecule has 56 valence electrons. The van der Waals surface area contributed by atoms with E-state index in [2.05, 4.69) is 4.98 Å². The molecule has 0 N–H and O–H groups in total. The van der Waals surface area contributed by atoms with E-state index in [1.54, 1.807) is 18.4 Å². The summed E-state index contributed by atoms with van der Waals surface area (Å²) in [5.74, 6) is 1.16. The Morgan fingerprint density at radius 3 is 2.70 bits per heavy atom. The van der Waals surface area contributed by atoms with Gasteiger partial charge in [0.1, 0.15) is 5.01 Å². The second-order valence-electron chi connectivity index (χ2n) is 1.81. The summed E-state index contributed by atoms with van der Waals surface area (Å²) < 4.78 is 4.97. The van der Waals surface area contributed by atoms with E-state index in [1.807, 2.05) is 6.92 Å². The lowest BCUT2D eigenvalue weighted by molar-refractivity contribution is 0.397. The standard InChI is InChI=1S/C6H8ClNOS/c1-4-6(9-2)8-5(3-7)10-4/h3H2,1-2H3. The predicted octanol–water partition coefficient (Wildman–Crippen LogP) is 2.20. The highest BCUT2D eigenvalue weighted by Gasteiger charge is 2.04. The van der Waals surface area contributed by atoms with Crippen molar-refractivity contribution in [1.29, 1.82) is 0 Å². The highest BCUT2D eigenvalue weighted by atomic mass is 35.5. The van der Waals surface area contributed by atoms with Gasteiger partial charge < -0.3 is 4.74 Å². The number of ether oxygens (including phenoxy) is 1. The lowest BCUT2D eigenvalue weighted by atomic mass is 10.6. The minimum Gasteiger partial charge on any atom is -0.480 e. The zero-order valence-electron chi connectivity index (χ0n) is 5.85. The lowest BCUT2D eigenvalue weighted by Gasteiger charge is -1.90. The normalized spacial score (nSPS) is 9.90. The maximum Gasteiger partial charge on any atom is 0.227 e. The molecule has 1 aromatic rings. The first kappa shape index (κ1) is 7.82. The van der Waals surface area contributed by atoms with Crippen molar-refractivity contribution in [3.63, 3.8) is 0 Å². The van der Waals surface area contributed by atoms with E-state index in [-0.39, 0.29) is 0 Å². The van der Waals surface area contributed by atoms with E-state index < -0.39 is 0 Å². The summed E-state index contributed by atoms with van der Waals surface area (Å²) in [7, 11) is 1.61. The fourth-order valence-corrected chi connectivity index (χ4v) is 1.66. The highest BCUT2D eigenvalue weighted by molar-refractivity contribution is 7.12. The Morgan fingerprint density at radius 1 is 1.70 bits per heavy atom. The Morgan fingerprint density at radius 2 is 2.40 bits per heavy atom. The van der Waals surface area contributed by atoms with Crippen LogP contribution in [0.25, 0.3) is 0 Å². The summed E-state index contributed by atoms with van der Waals surface area (Å²) in [5.41, 5.74) is 0. The number of hydrogen-bond acceptors (Lipinski definition) is 3. The van der Waals surface area contributed by atoms with Crippen LogP contribution in [0.3, 0.4) is 0 Å². The molecule has 0 saturated carbocycles. The molecule has 0 unspecified atom stereocenters. The average Bonchev–Trinajstić information content (AvgIpc) is 2.30. The van der Waals surface area contributed by atoms with Crippen LogP contribution in [-0.4, -0.2) is 12.1 Å². The Bertz CT molecular complexity index is 224. The van der Waals surface area contributed by atoms with E-state index >= 15 is 0 Å². The van der Waals surface area contributed by atoms with Crippen LogP contribution in [0.2, 0.25) is 0 Å². The minimum atomic E-state index is 0.467. The third-order valence-corrected chi connectivity index (χ3v) is 2.47. The second-order valence-corrected chi connectivity index (χ2v) is 3.36. The molecule has 10 heavy (non-hydrogen) atoms. The maximum atomic E-state index is 5.56. The van der Waals surface area contributed by atoms with Gasteiger partial charge in [-0.2, -0.15) is 0 Å². The quantitative estimate of drug-likeness (QED) is 0.647. The van der Waals surface area contributed by atoms with E-state index in [0.29, 0.717) is 11.8 Å². The van der Waals surface area contributed by atoms with Crippen molar-refractivity contribution in [2.24, 2.45) is 0 Å². The number of aromatic nitrogens is 1. The van der Waals surface area contributed by atoms with Crippen LogP contribution in [0.4, 0.5) is 0 Å². The summed E-state index contributed by atoms with van der Waals surface area (Å²) >= 11 is 7.13. The lowest BCUT2D eigenvalue weighted by Crippen LogP contribution is -1.84. The molecule has 0 aliphatic carbocycles. The summed E-state index contributed by atoms with van der Waals surface area (Å²) in [6, 6.07) is 0. The SMILES string of the molecule is COc1nc(CCl)sc1C. The molecule has 0 radical (unpaired) electrons. The molecule has 1 heterocycles. The smallest absolute Gasteiger partial charge is 0.227 e. The molecule has 0 spiro atoms. The zero-order chi connectivity index (χ0) is 7.56. The first-order valence-corrected chi connectivity index (χ1v) is 4.19. The summed E-state index contributed by atoms with van der Waals surface area (Å²) in [6.45, 7) is 1.96. The molecule has 0 amide bonds. The van der Waals surface area contributed by atoms with E-state index in [1.165, 1.54) is 0 Å². The topological polar surface area (TPSA) is 22.1 Å². The van der Waals surface area contributed by atoms with Gasteiger partial charge in [-0.05, 0) is 6.92 Å². The fraction of sp³-hybridized carbons (Fsp3) is 0.500. The third-order valence-electron chi connectivity index (χ3n) is 1.11. The van der Waals surface area contributed by atoms with Crippen molar-refractivity contribution in [3.05, 3.63) is 9.88 Å². The molecule has 0 bridgehead atoms. The minimum absolute atomic E-state index is 0.467. The van der Waals surface area contributed by atoms with Gasteiger partial charge in [-0.3, -0.25) is 0 Å². The number of hydrogen-bond donors (Lipinski definition) is 0. The van der Waals surface area contributed by atoms with Crippen molar-refractivity contribution < 1.29 is 4.74 Å². The molecule has 1 rings (SSSR count). The van der Waals surface area contributed by atoms with E-state index in [9.17, 15) is 0 Å². The van der Waals surface area contributed by atoms with Gasteiger partial charge in [-0.1, -0.05) is 0 Å². The van der Waals surface area contributed by atoms with Crippen molar-refractivity contribution in [2.45, 2.75) is 12.8 Å². The Kier molecular flexibility index (Phi) is 2.51. The van der Waals surface area contributed by atoms with Gasteiger partial charge >= 0.3 is 0 Å². The van der Waals surface area contributed by atoms with Crippen LogP contribution in [0, 0.1) is 6.92 Å². The second kappa shape index (κ2) is 3.21. The molecular weight excluding hydrogens is 170 g/mol. The Labute approximate surface area is 68.8 Å². The van der Waals surface area contributed by atoms with E-state index in [0.717, 1.165) is 9.88 Å². The molecule has 0 aromatic carbocycles. The molecular formula is C6H8ClNOS. The third kappa shape index (κ3) is 1.41. The molecule has 0 fully saturated rings. The Balaban J connectivity index is 2.92. The summed E-state index contributed by atoms with van der Waals surface area (Å²) in [6.07, 6.45) is 0.